The predicted molar refractivity (Wildman–Crippen MR) is 150 cm³/mol. The van der Waals surface area contributed by atoms with Crippen LogP contribution in [-0.2, 0) is 6.54 Å². The fourth-order valence-electron chi connectivity index (χ4n) is 4.71. The van der Waals surface area contributed by atoms with Crippen molar-refractivity contribution in [3.05, 3.63) is 78.5 Å². The number of anilines is 1. The van der Waals surface area contributed by atoms with Crippen LogP contribution in [-0.4, -0.2) is 49.3 Å². The number of piperidine rings is 1. The molecule has 38 heavy (non-hydrogen) atoms. The lowest BCUT2D eigenvalue weighted by molar-refractivity contribution is 0.0618. The molecule has 0 radical (unpaired) electrons. The Morgan fingerprint density at radius 1 is 1.24 bits per heavy atom. The van der Waals surface area contributed by atoms with E-state index in [0.717, 1.165) is 38.6 Å². The Hall–Kier alpha value is -2.96. The first kappa shape index (κ1) is 26.6. The van der Waals surface area contributed by atoms with E-state index in [0.29, 0.717) is 23.0 Å². The number of aryl methyl sites for hydroxylation is 2. The summed E-state index contributed by atoms with van der Waals surface area (Å²) in [6.07, 6.45) is 3.59. The maximum absolute atomic E-state index is 13.5. The van der Waals surface area contributed by atoms with Crippen LogP contribution >= 0.6 is 38.6 Å². The number of likely N-dealkylation sites (tertiary alicyclic amines) is 1. The number of hydrogen-bond donors (Lipinski definition) is 1. The summed E-state index contributed by atoms with van der Waals surface area (Å²) in [5.74, 6) is -0.702. The summed E-state index contributed by atoms with van der Waals surface area (Å²) in [5.41, 5.74) is 2.96. The molecule has 0 bridgehead atoms. The van der Waals surface area contributed by atoms with Crippen molar-refractivity contribution < 1.29 is 14.0 Å². The average molecular weight is 618 g/mol. The van der Waals surface area contributed by atoms with Crippen molar-refractivity contribution in [2.75, 3.05) is 11.9 Å². The van der Waals surface area contributed by atoms with Crippen molar-refractivity contribution in [1.82, 2.24) is 24.9 Å². The number of carbonyl (C=O) groups excluding carboxylic acids is 2. The maximum atomic E-state index is 13.5. The summed E-state index contributed by atoms with van der Waals surface area (Å²) in [6, 6.07) is 7.33. The van der Waals surface area contributed by atoms with Gasteiger partial charge in [-0.1, -0.05) is 11.3 Å². The third-order valence-electron chi connectivity index (χ3n) is 6.72. The number of carbonyl (C=O) groups is 2. The first-order valence-electron chi connectivity index (χ1n) is 12.2. The molecule has 2 unspecified atom stereocenters. The number of amides is 2. The third kappa shape index (κ3) is 5.71. The monoisotopic (exact) mass is 616 g/mol. The molecule has 2 amide bonds. The molecule has 0 saturated carbocycles. The quantitative estimate of drug-likeness (QED) is 0.286. The van der Waals surface area contributed by atoms with Gasteiger partial charge < -0.3 is 10.2 Å². The van der Waals surface area contributed by atoms with E-state index in [9.17, 15) is 14.0 Å². The van der Waals surface area contributed by atoms with Gasteiger partial charge in [0, 0.05) is 30.3 Å². The zero-order chi connectivity index (χ0) is 27.0. The van der Waals surface area contributed by atoms with E-state index >= 15 is 0 Å². The number of benzene rings is 1. The molecule has 5 rings (SSSR count). The van der Waals surface area contributed by atoms with Gasteiger partial charge in [0.05, 0.1) is 32.7 Å². The average Bonchev–Trinajstić information content (AvgIpc) is 3.57. The Bertz CT molecular complexity index is 1500. The number of halogens is 2. The maximum Gasteiger partial charge on any atom is 0.264 e. The van der Waals surface area contributed by atoms with E-state index in [2.05, 4.69) is 43.5 Å². The molecule has 3 aromatic heterocycles. The van der Waals surface area contributed by atoms with Crippen LogP contribution < -0.4 is 5.32 Å². The molecule has 1 N–H and O–H groups in total. The number of nitrogens with zero attached hydrogens (tertiary/aromatic N) is 5. The van der Waals surface area contributed by atoms with Gasteiger partial charge in [0.25, 0.3) is 11.8 Å². The molecular weight excluding hydrogens is 591 g/mol. The van der Waals surface area contributed by atoms with Gasteiger partial charge in [-0.25, -0.2) is 14.1 Å². The van der Waals surface area contributed by atoms with Crippen LogP contribution in [0.25, 0.3) is 0 Å². The Balaban J connectivity index is 1.22. The van der Waals surface area contributed by atoms with Gasteiger partial charge in [0.2, 0.25) is 0 Å². The number of nitrogens with one attached hydrogen (secondary N) is 1. The van der Waals surface area contributed by atoms with Gasteiger partial charge in [-0.05, 0) is 79.4 Å². The largest absolute Gasteiger partial charge is 0.335 e. The molecule has 1 aliphatic rings. The second kappa shape index (κ2) is 11.0. The second-order valence-electron chi connectivity index (χ2n) is 9.47. The highest BCUT2D eigenvalue weighted by atomic mass is 79.9. The highest BCUT2D eigenvalue weighted by molar-refractivity contribution is 9.11. The van der Waals surface area contributed by atoms with E-state index in [-0.39, 0.29) is 23.4 Å². The van der Waals surface area contributed by atoms with Crippen LogP contribution in [0, 0.1) is 19.7 Å². The van der Waals surface area contributed by atoms with Gasteiger partial charge in [-0.2, -0.15) is 0 Å². The van der Waals surface area contributed by atoms with Crippen LogP contribution in [0.3, 0.4) is 0 Å². The first-order chi connectivity index (χ1) is 18.2. The number of hydrogen-bond acceptors (Lipinski definition) is 7. The molecule has 0 spiro atoms. The van der Waals surface area contributed by atoms with Crippen LogP contribution in [0.5, 0.6) is 0 Å². The zero-order valence-electron chi connectivity index (χ0n) is 21.1. The second-order valence-corrected chi connectivity index (χ2v) is 12.9. The Morgan fingerprint density at radius 2 is 2.05 bits per heavy atom. The minimum atomic E-state index is -0.473. The van der Waals surface area contributed by atoms with Crippen molar-refractivity contribution in [1.29, 1.82) is 0 Å². The van der Waals surface area contributed by atoms with Gasteiger partial charge in [-0.3, -0.25) is 9.59 Å². The highest BCUT2D eigenvalue weighted by Crippen LogP contribution is 2.34. The lowest BCUT2D eigenvalue weighted by Crippen LogP contribution is -2.44. The Kier molecular flexibility index (Phi) is 7.73. The van der Waals surface area contributed by atoms with Crippen LogP contribution in [0.2, 0.25) is 0 Å². The number of aromatic nitrogens is 4. The molecule has 198 valence electrons. The molecule has 1 saturated heterocycles. The SMILES string of the molecule is Cc1cc(NC(=O)c2cccc(F)c2)sc1C(=O)N1CCC(c2cn(Cc3sc(Br)nc3C)nn2)CC1C. The smallest absolute Gasteiger partial charge is 0.264 e. The van der Waals surface area contributed by atoms with Crippen LogP contribution in [0.4, 0.5) is 9.39 Å². The van der Waals surface area contributed by atoms with E-state index < -0.39 is 11.7 Å². The molecular formula is C26H26BrFN6O2S2. The van der Waals surface area contributed by atoms with Crippen molar-refractivity contribution in [2.24, 2.45) is 0 Å². The van der Waals surface area contributed by atoms with Crippen molar-refractivity contribution >= 4 is 55.4 Å². The summed E-state index contributed by atoms with van der Waals surface area (Å²) >= 11 is 6.27. The summed E-state index contributed by atoms with van der Waals surface area (Å²) < 4.78 is 16.2. The molecule has 12 heteroatoms. The molecule has 0 aliphatic carbocycles. The van der Waals surface area contributed by atoms with Gasteiger partial charge in [0.1, 0.15) is 5.82 Å². The normalized spacial score (nSPS) is 17.6. The fraction of sp³-hybridized carbons (Fsp3) is 0.346. The molecule has 8 nitrogen and oxygen atoms in total. The van der Waals surface area contributed by atoms with Crippen LogP contribution in [0.1, 0.15) is 67.5 Å². The minimum absolute atomic E-state index is 0.0259. The number of rotatable bonds is 6. The summed E-state index contributed by atoms with van der Waals surface area (Å²) in [5, 5.41) is 12.1. The van der Waals surface area contributed by atoms with Gasteiger partial charge in [-0.15, -0.1) is 27.8 Å². The van der Waals surface area contributed by atoms with E-state index in [1.165, 1.54) is 29.5 Å². The lowest BCUT2D eigenvalue weighted by Gasteiger charge is -2.37. The topological polar surface area (TPSA) is 93.0 Å². The Labute approximate surface area is 236 Å². The fourth-order valence-corrected chi connectivity index (χ4v) is 7.36. The summed E-state index contributed by atoms with van der Waals surface area (Å²) in [6.45, 7) is 7.15. The van der Waals surface area contributed by atoms with Crippen molar-refractivity contribution in [3.8, 4) is 0 Å². The van der Waals surface area contributed by atoms with Crippen molar-refractivity contribution in [3.63, 3.8) is 0 Å². The third-order valence-corrected chi connectivity index (χ3v) is 9.45. The van der Waals surface area contributed by atoms with E-state index in [1.54, 1.807) is 23.5 Å². The standard InChI is InChI=1S/C26H26BrFN6O2S2/c1-14-9-22(30-24(35)18-5-4-6-19(28)11-18)38-23(14)25(36)34-8-7-17(10-15(34)2)20-12-33(32-31-20)13-21-16(3)29-26(27)37-21/h4-6,9,11-12,15,17H,7-8,10,13H2,1-3H3,(H,30,35). The first-order valence-corrected chi connectivity index (χ1v) is 14.6. The molecule has 1 aliphatic heterocycles. The molecule has 2 atom stereocenters. The summed E-state index contributed by atoms with van der Waals surface area (Å²) in [7, 11) is 0. The highest BCUT2D eigenvalue weighted by Gasteiger charge is 2.33. The zero-order valence-corrected chi connectivity index (χ0v) is 24.3. The molecule has 1 fully saturated rings. The van der Waals surface area contributed by atoms with Crippen LogP contribution in [0.15, 0.2) is 40.4 Å². The lowest BCUT2D eigenvalue weighted by atomic mass is 9.89. The van der Waals surface area contributed by atoms with E-state index in [1.807, 2.05) is 29.6 Å². The Morgan fingerprint density at radius 3 is 2.76 bits per heavy atom. The number of thiazole rings is 1. The minimum Gasteiger partial charge on any atom is -0.335 e. The van der Waals surface area contributed by atoms with Crippen molar-refractivity contribution in [2.45, 2.75) is 52.1 Å². The molecule has 4 aromatic rings. The van der Waals surface area contributed by atoms with Gasteiger partial charge >= 0.3 is 0 Å². The predicted octanol–water partition coefficient (Wildman–Crippen LogP) is 6.02. The van der Waals surface area contributed by atoms with Gasteiger partial charge in [0.15, 0.2) is 3.92 Å². The summed E-state index contributed by atoms with van der Waals surface area (Å²) in [4.78, 5) is 34.0. The number of thiophene rings is 1. The van der Waals surface area contributed by atoms with E-state index in [4.69, 9.17) is 0 Å². The molecule has 1 aromatic carbocycles. The molecule has 4 heterocycles.